The zero-order chi connectivity index (χ0) is 14.4. The Morgan fingerprint density at radius 1 is 1.30 bits per heavy atom. The van der Waals surface area contributed by atoms with Crippen LogP contribution in [-0.2, 0) is 4.79 Å². The van der Waals surface area contributed by atoms with Gasteiger partial charge in [0, 0.05) is 30.5 Å². The largest absolute Gasteiger partial charge is 0.370 e. The van der Waals surface area contributed by atoms with Crippen molar-refractivity contribution in [3.05, 3.63) is 24.5 Å². The highest BCUT2D eigenvalue weighted by Gasteiger charge is 2.26. The van der Waals surface area contributed by atoms with Crippen molar-refractivity contribution in [1.82, 2.24) is 10.3 Å². The molecule has 1 fully saturated rings. The van der Waals surface area contributed by atoms with Crippen LogP contribution in [0.15, 0.2) is 24.5 Å². The number of anilines is 1. The number of nitrogens with one attached hydrogen (secondary N) is 3. The highest BCUT2D eigenvalue weighted by molar-refractivity contribution is 5.92. The van der Waals surface area contributed by atoms with Gasteiger partial charge in [0.15, 0.2) is 5.96 Å². The molecule has 1 aromatic rings. The van der Waals surface area contributed by atoms with Gasteiger partial charge in [-0.05, 0) is 43.7 Å². The minimum absolute atomic E-state index is 0.0163. The number of nitrogens with zero attached hydrogens (tertiary/aromatic N) is 1. The molecule has 0 spiro atoms. The molecule has 0 saturated heterocycles. The van der Waals surface area contributed by atoms with Gasteiger partial charge in [-0.1, -0.05) is 0 Å². The summed E-state index contributed by atoms with van der Waals surface area (Å²) in [5, 5.41) is 12.9. The third kappa shape index (κ3) is 4.22. The molecule has 1 amide bonds. The molecule has 0 radical (unpaired) electrons. The third-order valence-corrected chi connectivity index (χ3v) is 3.75. The van der Waals surface area contributed by atoms with Crippen LogP contribution in [-0.4, -0.2) is 23.4 Å². The van der Waals surface area contributed by atoms with E-state index in [-0.39, 0.29) is 17.8 Å². The van der Waals surface area contributed by atoms with Gasteiger partial charge in [0.2, 0.25) is 5.91 Å². The van der Waals surface area contributed by atoms with E-state index in [0.29, 0.717) is 5.92 Å². The van der Waals surface area contributed by atoms with Crippen LogP contribution in [0.1, 0.15) is 25.7 Å². The van der Waals surface area contributed by atoms with Crippen molar-refractivity contribution in [3.8, 4) is 0 Å². The number of nitrogens with two attached hydrogens (primary N) is 1. The van der Waals surface area contributed by atoms with E-state index in [9.17, 15) is 4.79 Å². The maximum atomic E-state index is 12.1. The van der Waals surface area contributed by atoms with E-state index in [2.05, 4.69) is 15.6 Å². The Labute approximate surface area is 118 Å². The molecule has 1 heterocycles. The van der Waals surface area contributed by atoms with Crippen LogP contribution in [0.2, 0.25) is 0 Å². The molecule has 2 rings (SSSR count). The molecule has 108 valence electrons. The van der Waals surface area contributed by atoms with Crippen LogP contribution in [0, 0.1) is 17.2 Å². The van der Waals surface area contributed by atoms with E-state index in [1.54, 1.807) is 24.5 Å². The van der Waals surface area contributed by atoms with Crippen molar-refractivity contribution in [2.45, 2.75) is 25.7 Å². The van der Waals surface area contributed by atoms with Gasteiger partial charge in [-0.15, -0.1) is 0 Å². The first-order chi connectivity index (χ1) is 9.65. The van der Waals surface area contributed by atoms with E-state index in [4.69, 9.17) is 11.1 Å². The Hall–Kier alpha value is -2.11. The summed E-state index contributed by atoms with van der Waals surface area (Å²) < 4.78 is 0. The van der Waals surface area contributed by atoms with Gasteiger partial charge in [-0.3, -0.25) is 15.2 Å². The minimum Gasteiger partial charge on any atom is -0.370 e. The quantitative estimate of drug-likeness (QED) is 0.491. The standard InChI is InChI=1S/C14H21N5O/c15-14(16)18-9-10-1-3-11(4-2-10)13(20)19-12-5-7-17-8-6-12/h5-8,10-11H,1-4,9H2,(H4,15,16,18)(H,17,19,20)/t10-,11-. The topological polar surface area (TPSA) is 104 Å². The van der Waals surface area contributed by atoms with Gasteiger partial charge in [0.25, 0.3) is 0 Å². The van der Waals surface area contributed by atoms with Crippen molar-refractivity contribution in [3.63, 3.8) is 0 Å². The van der Waals surface area contributed by atoms with Crippen LogP contribution in [0.3, 0.4) is 0 Å². The van der Waals surface area contributed by atoms with Crippen LogP contribution < -0.4 is 16.4 Å². The molecule has 0 aromatic carbocycles. The second-order valence-electron chi connectivity index (χ2n) is 5.24. The highest BCUT2D eigenvalue weighted by Crippen LogP contribution is 2.29. The van der Waals surface area contributed by atoms with Crippen molar-refractivity contribution in [2.24, 2.45) is 17.6 Å². The lowest BCUT2D eigenvalue weighted by Gasteiger charge is -2.27. The molecular formula is C14H21N5O. The number of rotatable bonds is 4. The molecule has 0 atom stereocenters. The maximum Gasteiger partial charge on any atom is 0.227 e. The lowest BCUT2D eigenvalue weighted by atomic mass is 9.81. The Morgan fingerprint density at radius 3 is 2.55 bits per heavy atom. The molecule has 20 heavy (non-hydrogen) atoms. The first-order valence-electron chi connectivity index (χ1n) is 6.94. The first-order valence-corrected chi connectivity index (χ1v) is 6.94. The lowest BCUT2D eigenvalue weighted by molar-refractivity contribution is -0.121. The first kappa shape index (κ1) is 14.3. The SMILES string of the molecule is N=C(N)NC[C@H]1CC[C@H](C(=O)Nc2ccncc2)CC1. The normalized spacial score (nSPS) is 22.0. The Kier molecular flexibility index (Phi) is 4.92. The lowest BCUT2D eigenvalue weighted by Crippen LogP contribution is -2.36. The fourth-order valence-corrected chi connectivity index (χ4v) is 2.56. The van der Waals surface area contributed by atoms with Crippen LogP contribution in [0.4, 0.5) is 5.69 Å². The van der Waals surface area contributed by atoms with E-state index < -0.39 is 0 Å². The van der Waals surface area contributed by atoms with E-state index >= 15 is 0 Å². The van der Waals surface area contributed by atoms with Crippen LogP contribution in [0.25, 0.3) is 0 Å². The number of carbonyl (C=O) groups is 1. The fourth-order valence-electron chi connectivity index (χ4n) is 2.56. The molecule has 0 bridgehead atoms. The molecule has 1 aliphatic carbocycles. The Morgan fingerprint density at radius 2 is 1.95 bits per heavy atom. The Bertz CT molecular complexity index is 454. The van der Waals surface area contributed by atoms with Gasteiger partial charge >= 0.3 is 0 Å². The van der Waals surface area contributed by atoms with Gasteiger partial charge in [-0.25, -0.2) is 0 Å². The number of hydrogen-bond donors (Lipinski definition) is 4. The Balaban J connectivity index is 1.76. The predicted molar refractivity (Wildman–Crippen MR) is 78.2 cm³/mol. The summed E-state index contributed by atoms with van der Waals surface area (Å²) in [5.74, 6) is 0.692. The number of pyridine rings is 1. The predicted octanol–water partition coefficient (Wildman–Crippen LogP) is 1.31. The summed E-state index contributed by atoms with van der Waals surface area (Å²) in [5.41, 5.74) is 6.07. The summed E-state index contributed by atoms with van der Waals surface area (Å²) in [6.07, 6.45) is 7.10. The molecule has 6 nitrogen and oxygen atoms in total. The van der Waals surface area contributed by atoms with Crippen molar-refractivity contribution in [1.29, 1.82) is 5.41 Å². The third-order valence-electron chi connectivity index (χ3n) is 3.75. The van der Waals surface area contributed by atoms with Crippen LogP contribution in [0.5, 0.6) is 0 Å². The maximum absolute atomic E-state index is 12.1. The number of guanidine groups is 1. The molecular weight excluding hydrogens is 254 g/mol. The summed E-state index contributed by atoms with van der Waals surface area (Å²) >= 11 is 0. The smallest absolute Gasteiger partial charge is 0.227 e. The highest BCUT2D eigenvalue weighted by atomic mass is 16.1. The molecule has 0 aliphatic heterocycles. The van der Waals surface area contributed by atoms with Gasteiger partial charge in [0.1, 0.15) is 0 Å². The van der Waals surface area contributed by atoms with E-state index in [1.165, 1.54) is 0 Å². The van der Waals surface area contributed by atoms with Gasteiger partial charge in [0.05, 0.1) is 0 Å². The molecule has 5 N–H and O–H groups in total. The van der Waals surface area contributed by atoms with Crippen molar-refractivity contribution in [2.75, 3.05) is 11.9 Å². The van der Waals surface area contributed by atoms with E-state index in [0.717, 1.165) is 37.9 Å². The second kappa shape index (κ2) is 6.88. The molecule has 1 saturated carbocycles. The fraction of sp³-hybridized carbons (Fsp3) is 0.500. The average molecular weight is 275 g/mol. The summed E-state index contributed by atoms with van der Waals surface area (Å²) in [4.78, 5) is 16.1. The zero-order valence-electron chi connectivity index (χ0n) is 11.4. The summed E-state index contributed by atoms with van der Waals surface area (Å²) in [6, 6.07) is 3.58. The monoisotopic (exact) mass is 275 g/mol. The molecule has 1 aromatic heterocycles. The van der Waals surface area contributed by atoms with Gasteiger partial charge in [-0.2, -0.15) is 0 Å². The number of aromatic nitrogens is 1. The number of carbonyl (C=O) groups excluding carboxylic acids is 1. The van der Waals surface area contributed by atoms with E-state index in [1.807, 2.05) is 0 Å². The van der Waals surface area contributed by atoms with Gasteiger partial charge < -0.3 is 16.4 Å². The van der Waals surface area contributed by atoms with Crippen molar-refractivity contribution < 1.29 is 4.79 Å². The minimum atomic E-state index is 0.0163. The molecule has 1 aliphatic rings. The molecule has 6 heteroatoms. The number of amides is 1. The second-order valence-corrected chi connectivity index (χ2v) is 5.24. The summed E-state index contributed by atoms with van der Waals surface area (Å²) in [6.45, 7) is 0.730. The zero-order valence-corrected chi connectivity index (χ0v) is 11.4. The van der Waals surface area contributed by atoms with Crippen LogP contribution >= 0.6 is 0 Å². The number of hydrogen-bond acceptors (Lipinski definition) is 3. The average Bonchev–Trinajstić information content (AvgIpc) is 2.46. The summed E-state index contributed by atoms with van der Waals surface area (Å²) in [7, 11) is 0. The molecule has 0 unspecified atom stereocenters. The van der Waals surface area contributed by atoms with Crippen molar-refractivity contribution >= 4 is 17.6 Å².